The molecule has 0 saturated carbocycles. The topological polar surface area (TPSA) is 96.7 Å². The fourth-order valence-electron chi connectivity index (χ4n) is 4.28. The Morgan fingerprint density at radius 1 is 1.24 bits per heavy atom. The van der Waals surface area contributed by atoms with Crippen molar-refractivity contribution >= 4 is 22.9 Å². The van der Waals surface area contributed by atoms with Crippen molar-refractivity contribution in [3.8, 4) is 16.9 Å². The lowest BCUT2D eigenvalue weighted by molar-refractivity contribution is -0.144. The van der Waals surface area contributed by atoms with Gasteiger partial charge in [-0.3, -0.25) is 18.0 Å². The molecule has 0 spiro atoms. The molecule has 0 fully saturated rings. The van der Waals surface area contributed by atoms with Crippen molar-refractivity contribution in [3.63, 3.8) is 0 Å². The number of hydrogen-bond acceptors (Lipinski definition) is 6. The van der Waals surface area contributed by atoms with Gasteiger partial charge in [-0.25, -0.2) is 0 Å². The van der Waals surface area contributed by atoms with Gasteiger partial charge in [0.2, 0.25) is 0 Å². The summed E-state index contributed by atoms with van der Waals surface area (Å²) in [5.74, 6) is 0.399. The van der Waals surface area contributed by atoms with Crippen LogP contribution in [0.4, 0.5) is 5.69 Å². The molecule has 0 amide bonds. The largest absolute Gasteiger partial charge is 0.755 e. The molecule has 3 aromatic rings. The Hall–Kier alpha value is -3.17. The minimum atomic E-state index is -2.49. The summed E-state index contributed by atoms with van der Waals surface area (Å²) in [6, 6.07) is 14.7. The van der Waals surface area contributed by atoms with Crippen molar-refractivity contribution in [2.75, 3.05) is 18.0 Å². The van der Waals surface area contributed by atoms with Crippen molar-refractivity contribution in [2.24, 2.45) is 0 Å². The van der Waals surface area contributed by atoms with Gasteiger partial charge in [0, 0.05) is 28.2 Å². The first-order valence-electron chi connectivity index (χ1n) is 10.8. The van der Waals surface area contributed by atoms with Gasteiger partial charge in [0.05, 0.1) is 26.0 Å². The Balaban J connectivity index is 1.62. The van der Waals surface area contributed by atoms with Crippen molar-refractivity contribution < 1.29 is 23.0 Å². The minimum absolute atomic E-state index is 0.0194. The molecule has 0 aliphatic heterocycles. The second-order valence-corrected chi connectivity index (χ2v) is 8.57. The molecule has 1 aromatic heterocycles. The van der Waals surface area contributed by atoms with Gasteiger partial charge in [-0.05, 0) is 61.6 Å². The molecule has 2 aromatic carbocycles. The highest BCUT2D eigenvalue weighted by molar-refractivity contribution is 7.80. The Morgan fingerprint density at radius 2 is 2.03 bits per heavy atom. The summed E-state index contributed by atoms with van der Waals surface area (Å²) in [7, 11) is 1.62. The molecule has 1 heterocycles. The SMILES string of the molecule is CCOC(=O)Cn1ncc2c1CCCC2N(c1ccc(-c2cccc(OC)c2)cc1)S(=O)[O-]. The van der Waals surface area contributed by atoms with E-state index < -0.39 is 11.3 Å². The number of hydrogen-bond donors (Lipinski definition) is 0. The molecule has 174 valence electrons. The number of aromatic nitrogens is 2. The maximum atomic E-state index is 12.3. The first-order valence-corrected chi connectivity index (χ1v) is 11.9. The van der Waals surface area contributed by atoms with Crippen LogP contribution in [-0.2, 0) is 33.8 Å². The van der Waals surface area contributed by atoms with Crippen LogP contribution in [0.2, 0.25) is 0 Å². The van der Waals surface area contributed by atoms with Gasteiger partial charge in [-0.1, -0.05) is 24.3 Å². The second kappa shape index (κ2) is 10.2. The Labute approximate surface area is 195 Å². The van der Waals surface area contributed by atoms with Crippen LogP contribution in [0.1, 0.15) is 37.1 Å². The molecule has 9 heteroatoms. The van der Waals surface area contributed by atoms with E-state index >= 15 is 0 Å². The van der Waals surface area contributed by atoms with Gasteiger partial charge in [0.15, 0.2) is 0 Å². The molecule has 0 radical (unpaired) electrons. The van der Waals surface area contributed by atoms with Crippen LogP contribution < -0.4 is 9.04 Å². The third kappa shape index (κ3) is 4.94. The molecule has 4 rings (SSSR count). The maximum absolute atomic E-state index is 12.3. The Bertz CT molecular complexity index is 1150. The van der Waals surface area contributed by atoms with Gasteiger partial charge in [-0.15, -0.1) is 0 Å². The third-order valence-corrected chi connectivity index (χ3v) is 6.57. The van der Waals surface area contributed by atoms with Crippen LogP contribution >= 0.6 is 0 Å². The average molecular weight is 469 g/mol. The summed E-state index contributed by atoms with van der Waals surface area (Å²) < 4.78 is 38.0. The number of nitrogens with zero attached hydrogens (tertiary/aromatic N) is 3. The van der Waals surface area contributed by atoms with E-state index in [1.54, 1.807) is 24.9 Å². The number of carbonyl (C=O) groups excluding carboxylic acids is 1. The second-order valence-electron chi connectivity index (χ2n) is 7.74. The number of carbonyl (C=O) groups is 1. The fraction of sp³-hybridized carbons (Fsp3) is 0.333. The van der Waals surface area contributed by atoms with E-state index in [-0.39, 0.29) is 18.6 Å². The van der Waals surface area contributed by atoms with Crippen molar-refractivity contribution in [3.05, 3.63) is 66.0 Å². The lowest BCUT2D eigenvalue weighted by Crippen LogP contribution is -2.33. The first kappa shape index (κ1) is 23.0. The first-order chi connectivity index (χ1) is 16.0. The summed E-state index contributed by atoms with van der Waals surface area (Å²) in [5.41, 5.74) is 4.22. The van der Waals surface area contributed by atoms with Crippen LogP contribution in [0.5, 0.6) is 5.75 Å². The molecule has 33 heavy (non-hydrogen) atoms. The van der Waals surface area contributed by atoms with Gasteiger partial charge >= 0.3 is 5.97 Å². The van der Waals surface area contributed by atoms with E-state index in [9.17, 15) is 13.6 Å². The van der Waals surface area contributed by atoms with E-state index in [0.717, 1.165) is 41.0 Å². The smallest absolute Gasteiger partial charge is 0.327 e. The lowest BCUT2D eigenvalue weighted by Gasteiger charge is -2.37. The number of rotatable bonds is 8. The number of esters is 1. The number of fused-ring (bicyclic) bond motifs is 1. The van der Waals surface area contributed by atoms with Gasteiger partial charge < -0.3 is 14.0 Å². The molecule has 1 aliphatic carbocycles. The monoisotopic (exact) mass is 468 g/mol. The summed E-state index contributed by atoms with van der Waals surface area (Å²) in [6.07, 6.45) is 3.87. The molecule has 2 atom stereocenters. The molecular formula is C24H26N3O5S-. The van der Waals surface area contributed by atoms with Crippen LogP contribution in [0.25, 0.3) is 11.1 Å². The zero-order valence-electron chi connectivity index (χ0n) is 18.6. The zero-order valence-corrected chi connectivity index (χ0v) is 19.4. The van der Waals surface area contributed by atoms with Crippen molar-refractivity contribution in [1.82, 2.24) is 9.78 Å². The summed E-state index contributed by atoms with van der Waals surface area (Å²) in [4.78, 5) is 11.9. The molecule has 0 N–H and O–H groups in total. The Morgan fingerprint density at radius 3 is 2.73 bits per heavy atom. The Kier molecular flexibility index (Phi) is 7.10. The van der Waals surface area contributed by atoms with Crippen LogP contribution in [0.15, 0.2) is 54.7 Å². The van der Waals surface area contributed by atoms with E-state index in [1.165, 1.54) is 4.31 Å². The molecule has 2 unspecified atom stereocenters. The lowest BCUT2D eigenvalue weighted by atomic mass is 9.92. The van der Waals surface area contributed by atoms with E-state index in [4.69, 9.17) is 9.47 Å². The number of methoxy groups -OCH3 is 1. The summed E-state index contributed by atoms with van der Waals surface area (Å²) in [5, 5.41) is 4.35. The number of anilines is 1. The molecule has 1 aliphatic rings. The quantitative estimate of drug-likeness (QED) is 0.369. The molecular weight excluding hydrogens is 442 g/mol. The molecule has 0 saturated heterocycles. The predicted molar refractivity (Wildman–Crippen MR) is 124 cm³/mol. The van der Waals surface area contributed by atoms with Crippen molar-refractivity contribution in [1.29, 1.82) is 0 Å². The fourth-order valence-corrected chi connectivity index (χ4v) is 5.00. The normalized spacial score (nSPS) is 16.0. The highest BCUT2D eigenvalue weighted by Gasteiger charge is 2.30. The number of benzene rings is 2. The van der Waals surface area contributed by atoms with Gasteiger partial charge in [-0.2, -0.15) is 5.10 Å². The van der Waals surface area contributed by atoms with Crippen molar-refractivity contribution in [2.45, 2.75) is 38.8 Å². The third-order valence-electron chi connectivity index (χ3n) is 5.78. The number of ether oxygens (including phenoxy) is 2. The van der Waals surface area contributed by atoms with Gasteiger partial charge in [0.25, 0.3) is 0 Å². The summed E-state index contributed by atoms with van der Waals surface area (Å²) in [6.45, 7) is 2.08. The van der Waals surface area contributed by atoms with E-state index in [2.05, 4.69) is 5.10 Å². The summed E-state index contributed by atoms with van der Waals surface area (Å²) >= 11 is -2.49. The minimum Gasteiger partial charge on any atom is -0.755 e. The van der Waals surface area contributed by atoms with Crippen LogP contribution in [-0.4, -0.2) is 38.2 Å². The standard InChI is InChI=1S/C24H27N3O5S/c1-3-32-24(28)16-26-22-8-5-9-23(21(22)15-25-26)27(33(29)30)19-12-10-17(11-13-19)18-6-4-7-20(14-18)31-2/h4,6-7,10-15,23H,3,5,8-9,16H2,1-2H3,(H,29,30)/p-1. The molecule has 8 nitrogen and oxygen atoms in total. The average Bonchev–Trinajstić information content (AvgIpc) is 3.23. The highest BCUT2D eigenvalue weighted by Crippen LogP contribution is 2.38. The predicted octanol–water partition coefficient (Wildman–Crippen LogP) is 3.80. The van der Waals surface area contributed by atoms with E-state index in [1.807, 2.05) is 48.5 Å². The zero-order chi connectivity index (χ0) is 23.4. The maximum Gasteiger partial charge on any atom is 0.327 e. The van der Waals surface area contributed by atoms with Gasteiger partial charge in [0.1, 0.15) is 12.3 Å². The molecule has 0 bridgehead atoms. The van der Waals surface area contributed by atoms with E-state index in [0.29, 0.717) is 18.7 Å². The van der Waals surface area contributed by atoms with Crippen LogP contribution in [0.3, 0.4) is 0 Å². The highest BCUT2D eigenvalue weighted by atomic mass is 32.2. The van der Waals surface area contributed by atoms with Crippen LogP contribution in [0, 0.1) is 0 Å².